The normalized spacial score (nSPS) is 13.8. The van der Waals surface area contributed by atoms with Gasteiger partial charge in [0.25, 0.3) is 0 Å². The topological polar surface area (TPSA) is 81.7 Å². The van der Waals surface area contributed by atoms with Crippen molar-refractivity contribution in [2.24, 2.45) is 0 Å². The molecule has 0 radical (unpaired) electrons. The lowest BCUT2D eigenvalue weighted by Crippen LogP contribution is -2.38. The maximum absolute atomic E-state index is 12.4. The highest BCUT2D eigenvalue weighted by Crippen LogP contribution is 2.44. The number of hydrogen-bond acceptors (Lipinski definition) is 7. The molecule has 1 saturated heterocycles. The molecule has 9 rings (SSSR count). The molecule has 4 aromatic carbocycles. The van der Waals surface area contributed by atoms with Crippen molar-refractivity contribution in [1.82, 2.24) is 19.2 Å². The van der Waals surface area contributed by atoms with E-state index in [1.807, 2.05) is 34.7 Å². The molecule has 8 nitrogen and oxygen atoms in total. The van der Waals surface area contributed by atoms with Gasteiger partial charge in [-0.2, -0.15) is 5.10 Å². The molecule has 10 heteroatoms. The van der Waals surface area contributed by atoms with E-state index in [1.54, 1.807) is 12.3 Å². The summed E-state index contributed by atoms with van der Waals surface area (Å²) in [4.78, 5) is 7.86. The Kier molecular flexibility index (Phi) is 8.73. The second-order valence-electron chi connectivity index (χ2n) is 13.5. The maximum atomic E-state index is 12.4. The van der Waals surface area contributed by atoms with Gasteiger partial charge in [-0.25, -0.2) is 13.4 Å². The Morgan fingerprint density at radius 3 is 1.85 bits per heavy atom. The number of nitrogens with zero attached hydrogens (tertiary/aromatic N) is 5. The van der Waals surface area contributed by atoms with Crippen LogP contribution in [0.25, 0.3) is 38.6 Å². The quantitative estimate of drug-likeness (QED) is 0.138. The van der Waals surface area contributed by atoms with Crippen molar-refractivity contribution in [3.63, 3.8) is 0 Å². The van der Waals surface area contributed by atoms with E-state index in [2.05, 4.69) is 130 Å². The molecule has 0 amide bonds. The standard InChI is InChI=1S/C44H37N5O3S2/c1-54(50,51)42-24-22-40(53-42)39-29-45-41-23-19-33(30-48(39)41)38-31-49(46-43(38)32-17-20-37(21-18-32)47-25-27-52-28-26-47)44(34-11-5-2-6-12-34,35-13-7-3-8-14-35)36-15-9-4-10-16-36/h2-24,29-31H,25-28H2,1H3. The number of pyridine rings is 1. The van der Waals surface area contributed by atoms with E-state index >= 15 is 0 Å². The van der Waals surface area contributed by atoms with Gasteiger partial charge in [-0.3, -0.25) is 9.08 Å². The molecule has 0 saturated carbocycles. The van der Waals surface area contributed by atoms with Gasteiger partial charge in [0.1, 0.15) is 21.1 Å². The number of anilines is 1. The van der Waals surface area contributed by atoms with Gasteiger partial charge in [-0.15, -0.1) is 11.3 Å². The van der Waals surface area contributed by atoms with Crippen LogP contribution >= 0.6 is 11.3 Å². The molecule has 54 heavy (non-hydrogen) atoms. The molecular formula is C44H37N5O3S2. The Balaban J connectivity index is 1.28. The molecule has 0 aliphatic carbocycles. The van der Waals surface area contributed by atoms with Gasteiger partial charge < -0.3 is 9.64 Å². The molecule has 268 valence electrons. The lowest BCUT2D eigenvalue weighted by atomic mass is 9.77. The summed E-state index contributed by atoms with van der Waals surface area (Å²) in [6.45, 7) is 3.15. The Labute approximate surface area is 318 Å². The maximum Gasteiger partial charge on any atom is 0.184 e. The fourth-order valence-corrected chi connectivity index (χ4v) is 9.47. The Hall–Kier alpha value is -5.81. The fraction of sp³-hybridized carbons (Fsp3) is 0.136. The second kappa shape index (κ2) is 13.9. The average molecular weight is 748 g/mol. The smallest absolute Gasteiger partial charge is 0.184 e. The molecule has 1 aliphatic rings. The van der Waals surface area contributed by atoms with Crippen molar-refractivity contribution < 1.29 is 13.2 Å². The molecule has 1 aliphatic heterocycles. The highest BCUT2D eigenvalue weighted by molar-refractivity contribution is 7.92. The van der Waals surface area contributed by atoms with E-state index in [0.29, 0.717) is 4.21 Å². The van der Waals surface area contributed by atoms with Crippen molar-refractivity contribution in [2.75, 3.05) is 37.5 Å². The SMILES string of the molecule is CS(=O)(=O)c1ccc(-c2cnc3ccc(-c4cn(C(c5ccccc5)(c5ccccc5)c5ccccc5)nc4-c4ccc(N5CCOCC5)cc4)cn23)s1. The van der Waals surface area contributed by atoms with Gasteiger partial charge in [0, 0.05) is 54.1 Å². The Morgan fingerprint density at radius 2 is 1.28 bits per heavy atom. The molecule has 0 bridgehead atoms. The first-order valence-electron chi connectivity index (χ1n) is 17.9. The van der Waals surface area contributed by atoms with Crippen LogP contribution in [0.1, 0.15) is 16.7 Å². The average Bonchev–Trinajstić information content (AvgIpc) is 3.99. The number of aromatic nitrogens is 4. The minimum absolute atomic E-state index is 0.326. The molecular weight excluding hydrogens is 711 g/mol. The number of thiophene rings is 1. The zero-order valence-electron chi connectivity index (χ0n) is 29.6. The van der Waals surface area contributed by atoms with Gasteiger partial charge in [0.05, 0.1) is 30.0 Å². The summed E-state index contributed by atoms with van der Waals surface area (Å²) in [5.41, 5.74) is 8.90. The van der Waals surface area contributed by atoms with Crippen LogP contribution < -0.4 is 4.90 Å². The minimum atomic E-state index is -3.34. The number of rotatable bonds is 9. The fourth-order valence-electron chi connectivity index (χ4n) is 7.54. The van der Waals surface area contributed by atoms with Crippen molar-refractivity contribution >= 4 is 32.5 Å². The van der Waals surface area contributed by atoms with Crippen LogP contribution in [0.15, 0.2) is 162 Å². The lowest BCUT2D eigenvalue weighted by molar-refractivity contribution is 0.122. The summed E-state index contributed by atoms with van der Waals surface area (Å²) in [6, 6.07) is 48.0. The summed E-state index contributed by atoms with van der Waals surface area (Å²) in [7, 11) is -3.34. The predicted octanol–water partition coefficient (Wildman–Crippen LogP) is 8.67. The highest BCUT2D eigenvalue weighted by Gasteiger charge is 2.40. The first-order chi connectivity index (χ1) is 26.4. The highest BCUT2D eigenvalue weighted by atomic mass is 32.2. The van der Waals surface area contributed by atoms with Crippen LogP contribution in [-0.2, 0) is 20.1 Å². The summed E-state index contributed by atoms with van der Waals surface area (Å²) in [5.74, 6) is 0. The lowest BCUT2D eigenvalue weighted by Gasteiger charge is -2.36. The molecule has 8 aromatic rings. The summed E-state index contributed by atoms with van der Waals surface area (Å²) in [6.07, 6.45) is 7.29. The molecule has 4 aromatic heterocycles. The third-order valence-corrected chi connectivity index (χ3v) is 13.1. The number of morpholine rings is 1. The van der Waals surface area contributed by atoms with E-state index in [-0.39, 0.29) is 0 Å². The van der Waals surface area contributed by atoms with Crippen LogP contribution in [0.4, 0.5) is 5.69 Å². The predicted molar refractivity (Wildman–Crippen MR) is 216 cm³/mol. The monoisotopic (exact) mass is 747 g/mol. The van der Waals surface area contributed by atoms with E-state index in [0.717, 1.165) is 87.3 Å². The van der Waals surface area contributed by atoms with Gasteiger partial charge in [-0.1, -0.05) is 103 Å². The van der Waals surface area contributed by atoms with Crippen LogP contribution in [0.2, 0.25) is 0 Å². The summed E-state index contributed by atoms with van der Waals surface area (Å²) in [5, 5.41) is 5.57. The molecule has 0 N–H and O–H groups in total. The number of benzene rings is 4. The van der Waals surface area contributed by atoms with E-state index in [4.69, 9.17) is 9.84 Å². The van der Waals surface area contributed by atoms with Crippen molar-refractivity contribution in [1.29, 1.82) is 0 Å². The molecule has 0 atom stereocenters. The van der Waals surface area contributed by atoms with Crippen LogP contribution in [0, 0.1) is 0 Å². The first kappa shape index (κ1) is 34.0. The zero-order chi connectivity index (χ0) is 36.7. The van der Waals surface area contributed by atoms with Gasteiger partial charge in [0.2, 0.25) is 0 Å². The van der Waals surface area contributed by atoms with Crippen LogP contribution in [0.5, 0.6) is 0 Å². The van der Waals surface area contributed by atoms with Crippen molar-refractivity contribution in [3.8, 4) is 33.0 Å². The first-order valence-corrected chi connectivity index (χ1v) is 20.6. The van der Waals surface area contributed by atoms with E-state index in [1.165, 1.54) is 17.6 Å². The Morgan fingerprint density at radius 1 is 0.685 bits per heavy atom. The number of hydrogen-bond donors (Lipinski definition) is 0. The van der Waals surface area contributed by atoms with Gasteiger partial charge >= 0.3 is 0 Å². The molecule has 1 fully saturated rings. The molecule has 0 spiro atoms. The number of sulfone groups is 1. The number of fused-ring (bicyclic) bond motifs is 1. The van der Waals surface area contributed by atoms with E-state index in [9.17, 15) is 8.42 Å². The largest absolute Gasteiger partial charge is 0.378 e. The van der Waals surface area contributed by atoms with Crippen LogP contribution in [-0.4, -0.2) is 60.1 Å². The number of ether oxygens (including phenoxy) is 1. The third kappa shape index (κ3) is 6.02. The molecule has 0 unspecified atom stereocenters. The van der Waals surface area contributed by atoms with Crippen molar-refractivity contribution in [3.05, 3.63) is 175 Å². The van der Waals surface area contributed by atoms with E-state index < -0.39 is 15.4 Å². The van der Waals surface area contributed by atoms with Crippen molar-refractivity contribution in [2.45, 2.75) is 9.75 Å². The Bertz CT molecular complexity index is 2570. The van der Waals surface area contributed by atoms with Gasteiger partial charge in [0.15, 0.2) is 9.84 Å². The zero-order valence-corrected chi connectivity index (χ0v) is 31.2. The van der Waals surface area contributed by atoms with Gasteiger partial charge in [-0.05, 0) is 53.1 Å². The summed E-state index contributed by atoms with van der Waals surface area (Å²) >= 11 is 1.25. The van der Waals surface area contributed by atoms with Crippen LogP contribution in [0.3, 0.4) is 0 Å². The second-order valence-corrected chi connectivity index (χ2v) is 16.8. The summed E-state index contributed by atoms with van der Waals surface area (Å²) < 4.78 is 34.8. The molecule has 5 heterocycles. The minimum Gasteiger partial charge on any atom is -0.378 e. The third-order valence-electron chi connectivity index (χ3n) is 10.2. The number of imidazole rings is 1.